The van der Waals surface area contributed by atoms with Gasteiger partial charge < -0.3 is 20.1 Å². The van der Waals surface area contributed by atoms with Gasteiger partial charge in [0.15, 0.2) is 0 Å². The summed E-state index contributed by atoms with van der Waals surface area (Å²) < 4.78 is 5.49. The summed E-state index contributed by atoms with van der Waals surface area (Å²) >= 11 is 0. The van der Waals surface area contributed by atoms with E-state index in [-0.39, 0.29) is 17.6 Å². The third-order valence-corrected chi connectivity index (χ3v) is 3.08. The van der Waals surface area contributed by atoms with Gasteiger partial charge in [-0.3, -0.25) is 9.78 Å². The minimum Gasteiger partial charge on any atom is -0.506 e. The number of nitrogens with zero attached hydrogens (tertiary/aromatic N) is 2. The molecule has 0 saturated carbocycles. The van der Waals surface area contributed by atoms with Gasteiger partial charge in [-0.15, -0.1) is 0 Å². The van der Waals surface area contributed by atoms with Crippen LogP contribution >= 0.6 is 0 Å². The van der Waals surface area contributed by atoms with Crippen LogP contribution in [0.4, 0.5) is 0 Å². The van der Waals surface area contributed by atoms with Gasteiger partial charge in [-0.25, -0.2) is 0 Å². The van der Waals surface area contributed by atoms with Crippen LogP contribution in [0.3, 0.4) is 0 Å². The molecule has 6 nitrogen and oxygen atoms in total. The van der Waals surface area contributed by atoms with Crippen LogP contribution in [0.5, 0.6) is 5.75 Å². The Balaban J connectivity index is 1.86. The lowest BCUT2D eigenvalue weighted by Gasteiger charge is -2.19. The highest BCUT2D eigenvalue weighted by Gasteiger charge is 2.17. The molecular formula is C13H19N3O3. The molecule has 2 N–H and O–H groups in total. The maximum Gasteiger partial charge on any atom is 0.252 e. The first-order chi connectivity index (χ1) is 9.15. The predicted molar refractivity (Wildman–Crippen MR) is 70.0 cm³/mol. The molecule has 1 aliphatic heterocycles. The number of amides is 1. The Kier molecular flexibility index (Phi) is 4.70. The van der Waals surface area contributed by atoms with Crippen molar-refractivity contribution in [2.75, 3.05) is 39.9 Å². The monoisotopic (exact) mass is 265 g/mol. The second-order valence-electron chi connectivity index (χ2n) is 4.85. The molecule has 1 atom stereocenters. The van der Waals surface area contributed by atoms with E-state index in [0.717, 1.165) is 19.7 Å². The second kappa shape index (κ2) is 6.49. The fourth-order valence-corrected chi connectivity index (χ4v) is 2.07. The SMILES string of the molecule is CN1CCOC[C@@H](CNC(=O)c2cncc(O)c2)C1. The van der Waals surface area contributed by atoms with Crippen LogP contribution in [0.15, 0.2) is 18.5 Å². The molecule has 1 amide bonds. The van der Waals surface area contributed by atoms with Crippen LogP contribution in [0.25, 0.3) is 0 Å². The Morgan fingerprint density at radius 1 is 1.63 bits per heavy atom. The minimum absolute atomic E-state index is 0.00909. The van der Waals surface area contributed by atoms with E-state index < -0.39 is 0 Å². The number of hydrogen-bond donors (Lipinski definition) is 2. The van der Waals surface area contributed by atoms with Crippen molar-refractivity contribution in [3.63, 3.8) is 0 Å². The van der Waals surface area contributed by atoms with Gasteiger partial charge in [0.2, 0.25) is 0 Å². The van der Waals surface area contributed by atoms with E-state index in [0.29, 0.717) is 18.7 Å². The van der Waals surface area contributed by atoms with Crippen molar-refractivity contribution in [2.24, 2.45) is 5.92 Å². The van der Waals surface area contributed by atoms with Crippen LogP contribution in [-0.4, -0.2) is 60.8 Å². The summed E-state index contributed by atoms with van der Waals surface area (Å²) in [7, 11) is 2.04. The molecule has 2 heterocycles. The first-order valence-electron chi connectivity index (χ1n) is 6.33. The summed E-state index contributed by atoms with van der Waals surface area (Å²) in [5.74, 6) is 0.0437. The molecule has 19 heavy (non-hydrogen) atoms. The largest absolute Gasteiger partial charge is 0.506 e. The van der Waals surface area contributed by atoms with E-state index in [1.165, 1.54) is 18.5 Å². The number of ether oxygens (including phenoxy) is 1. The maximum absolute atomic E-state index is 11.9. The molecule has 1 aromatic heterocycles. The molecule has 0 aliphatic carbocycles. The van der Waals surface area contributed by atoms with Crippen LogP contribution in [-0.2, 0) is 4.74 Å². The van der Waals surface area contributed by atoms with E-state index in [1.54, 1.807) is 0 Å². The zero-order chi connectivity index (χ0) is 13.7. The number of aromatic hydroxyl groups is 1. The smallest absolute Gasteiger partial charge is 0.252 e. The molecule has 1 fully saturated rings. The van der Waals surface area contributed by atoms with E-state index in [9.17, 15) is 9.90 Å². The van der Waals surface area contributed by atoms with E-state index in [4.69, 9.17) is 4.74 Å². The van der Waals surface area contributed by atoms with Crippen LogP contribution in [0.1, 0.15) is 10.4 Å². The van der Waals surface area contributed by atoms with Gasteiger partial charge in [-0.1, -0.05) is 0 Å². The molecule has 6 heteroatoms. The summed E-state index contributed by atoms with van der Waals surface area (Å²) in [5, 5.41) is 12.1. The Labute approximate surface area is 112 Å². The van der Waals surface area contributed by atoms with Crippen LogP contribution in [0, 0.1) is 5.92 Å². The summed E-state index contributed by atoms with van der Waals surface area (Å²) in [6, 6.07) is 1.40. The summed E-state index contributed by atoms with van der Waals surface area (Å²) in [6.07, 6.45) is 2.73. The number of rotatable bonds is 3. The maximum atomic E-state index is 11.9. The lowest BCUT2D eigenvalue weighted by atomic mass is 10.1. The first-order valence-corrected chi connectivity index (χ1v) is 6.33. The van der Waals surface area contributed by atoms with Crippen molar-refractivity contribution in [2.45, 2.75) is 0 Å². The number of carbonyl (C=O) groups excluding carboxylic acids is 1. The van der Waals surface area contributed by atoms with Gasteiger partial charge in [-0.05, 0) is 13.1 Å². The highest BCUT2D eigenvalue weighted by atomic mass is 16.5. The Bertz CT molecular complexity index is 439. The summed E-state index contributed by atoms with van der Waals surface area (Å²) in [5.41, 5.74) is 0.364. The van der Waals surface area contributed by atoms with E-state index in [2.05, 4.69) is 15.2 Å². The molecule has 0 aromatic carbocycles. The van der Waals surface area contributed by atoms with Gasteiger partial charge in [0.05, 0.1) is 25.0 Å². The Morgan fingerprint density at radius 2 is 2.47 bits per heavy atom. The molecule has 1 aliphatic rings. The highest BCUT2D eigenvalue weighted by molar-refractivity contribution is 5.94. The van der Waals surface area contributed by atoms with Crippen molar-refractivity contribution in [1.82, 2.24) is 15.2 Å². The Hall–Kier alpha value is -1.66. The number of hydrogen-bond acceptors (Lipinski definition) is 5. The summed E-state index contributed by atoms with van der Waals surface area (Å²) in [4.78, 5) is 17.9. The molecule has 0 bridgehead atoms. The fraction of sp³-hybridized carbons (Fsp3) is 0.538. The van der Waals surface area contributed by atoms with Crippen molar-refractivity contribution in [3.05, 3.63) is 24.0 Å². The molecule has 1 aromatic rings. The quantitative estimate of drug-likeness (QED) is 0.810. The first kappa shape index (κ1) is 13.8. The summed E-state index contributed by atoms with van der Waals surface area (Å²) in [6.45, 7) is 3.76. The number of carbonyl (C=O) groups is 1. The second-order valence-corrected chi connectivity index (χ2v) is 4.85. The third-order valence-electron chi connectivity index (χ3n) is 3.08. The zero-order valence-electron chi connectivity index (χ0n) is 11.0. The lowest BCUT2D eigenvalue weighted by Crippen LogP contribution is -2.35. The van der Waals surface area contributed by atoms with Gasteiger partial charge in [0.25, 0.3) is 5.91 Å². The fourth-order valence-electron chi connectivity index (χ4n) is 2.07. The lowest BCUT2D eigenvalue weighted by molar-refractivity contribution is 0.0920. The number of pyridine rings is 1. The standard InChI is InChI=1S/C13H19N3O3/c1-16-2-3-19-9-10(8-16)5-15-13(18)11-4-12(17)7-14-6-11/h4,6-7,10,17H,2-3,5,8-9H2,1H3,(H,15,18)/t10-/m0/s1. The van der Waals surface area contributed by atoms with Crippen molar-refractivity contribution in [1.29, 1.82) is 0 Å². The normalized spacial score (nSPS) is 20.8. The number of aromatic nitrogens is 1. The van der Waals surface area contributed by atoms with Crippen molar-refractivity contribution >= 4 is 5.91 Å². The molecule has 104 valence electrons. The molecule has 0 unspecified atom stereocenters. The number of likely N-dealkylation sites (N-methyl/N-ethyl adjacent to an activating group) is 1. The highest BCUT2D eigenvalue weighted by Crippen LogP contribution is 2.09. The van der Waals surface area contributed by atoms with Gasteiger partial charge in [0.1, 0.15) is 5.75 Å². The topological polar surface area (TPSA) is 74.7 Å². The average Bonchev–Trinajstić information content (AvgIpc) is 2.60. The molecule has 0 spiro atoms. The van der Waals surface area contributed by atoms with Crippen molar-refractivity contribution < 1.29 is 14.6 Å². The molecule has 2 rings (SSSR count). The van der Waals surface area contributed by atoms with Crippen molar-refractivity contribution in [3.8, 4) is 5.75 Å². The Morgan fingerprint density at radius 3 is 3.26 bits per heavy atom. The van der Waals surface area contributed by atoms with Gasteiger partial charge in [0, 0.05) is 31.7 Å². The molecule has 0 radical (unpaired) electrons. The van der Waals surface area contributed by atoms with Gasteiger partial charge >= 0.3 is 0 Å². The van der Waals surface area contributed by atoms with Gasteiger partial charge in [-0.2, -0.15) is 0 Å². The minimum atomic E-state index is -0.227. The average molecular weight is 265 g/mol. The molecule has 1 saturated heterocycles. The van der Waals surface area contributed by atoms with E-state index >= 15 is 0 Å². The predicted octanol–water partition coefficient (Wildman–Crippen LogP) is 0.0952. The van der Waals surface area contributed by atoms with Crippen LogP contribution < -0.4 is 5.32 Å². The zero-order valence-corrected chi connectivity index (χ0v) is 11.0. The third kappa shape index (κ3) is 4.18. The van der Waals surface area contributed by atoms with E-state index in [1.807, 2.05) is 7.05 Å². The molecular weight excluding hydrogens is 246 g/mol. The van der Waals surface area contributed by atoms with Crippen LogP contribution in [0.2, 0.25) is 0 Å². The number of nitrogens with one attached hydrogen (secondary N) is 1.